The van der Waals surface area contributed by atoms with Crippen LogP contribution in [0.3, 0.4) is 0 Å². The number of aryl methyl sites for hydroxylation is 1. The summed E-state index contributed by atoms with van der Waals surface area (Å²) in [5.41, 5.74) is 8.77. The summed E-state index contributed by atoms with van der Waals surface area (Å²) in [6, 6.07) is 11.9. The van der Waals surface area contributed by atoms with Crippen LogP contribution in [0.15, 0.2) is 59.8 Å². The molecular formula is C24H29F3N4O. The third-order valence-corrected chi connectivity index (χ3v) is 5.46. The van der Waals surface area contributed by atoms with Gasteiger partial charge in [0.1, 0.15) is 0 Å². The number of halogens is 3. The fourth-order valence-electron chi connectivity index (χ4n) is 3.72. The van der Waals surface area contributed by atoms with Gasteiger partial charge in [-0.25, -0.2) is 0 Å². The Kier molecular flexibility index (Phi) is 7.26. The van der Waals surface area contributed by atoms with Crippen LogP contribution in [0.2, 0.25) is 0 Å². The first kappa shape index (κ1) is 23.8. The first-order valence-corrected chi connectivity index (χ1v) is 10.5. The summed E-state index contributed by atoms with van der Waals surface area (Å²) in [6.45, 7) is 3.59. The lowest BCUT2D eigenvalue weighted by Crippen LogP contribution is -2.32. The van der Waals surface area contributed by atoms with Crippen LogP contribution in [0.1, 0.15) is 29.2 Å². The monoisotopic (exact) mass is 446 g/mol. The summed E-state index contributed by atoms with van der Waals surface area (Å²) in [7, 11) is 3.92. The van der Waals surface area contributed by atoms with Crippen molar-refractivity contribution in [3.05, 3.63) is 76.5 Å². The highest BCUT2D eigenvalue weighted by Gasteiger charge is 2.35. The lowest BCUT2D eigenvalue weighted by molar-refractivity contribution is -0.137. The van der Waals surface area contributed by atoms with Gasteiger partial charge in [-0.05, 0) is 57.7 Å². The smallest absolute Gasteiger partial charge is 0.357 e. The lowest BCUT2D eigenvalue weighted by atomic mass is 9.97. The predicted molar refractivity (Wildman–Crippen MR) is 120 cm³/mol. The van der Waals surface area contributed by atoms with E-state index in [1.54, 1.807) is 11.0 Å². The molecule has 0 aliphatic carbocycles. The predicted octanol–water partition coefficient (Wildman–Crippen LogP) is 4.17. The quantitative estimate of drug-likeness (QED) is 0.639. The van der Waals surface area contributed by atoms with E-state index in [-0.39, 0.29) is 18.1 Å². The largest absolute Gasteiger partial charge is 0.416 e. The van der Waals surface area contributed by atoms with Crippen molar-refractivity contribution in [1.82, 2.24) is 9.80 Å². The molecule has 0 saturated carbocycles. The van der Waals surface area contributed by atoms with E-state index in [2.05, 4.69) is 5.32 Å². The molecule has 1 heterocycles. The van der Waals surface area contributed by atoms with Crippen molar-refractivity contribution in [3.8, 4) is 0 Å². The maximum Gasteiger partial charge on any atom is 0.416 e. The van der Waals surface area contributed by atoms with Gasteiger partial charge in [0.05, 0.1) is 23.7 Å². The minimum atomic E-state index is -4.45. The van der Waals surface area contributed by atoms with Gasteiger partial charge < -0.3 is 20.9 Å². The van der Waals surface area contributed by atoms with Crippen molar-refractivity contribution < 1.29 is 18.0 Å². The van der Waals surface area contributed by atoms with Crippen molar-refractivity contribution in [1.29, 1.82) is 0 Å². The molecule has 1 aliphatic rings. The average Bonchev–Trinajstić information content (AvgIpc) is 3.02. The Morgan fingerprint density at radius 1 is 1.16 bits per heavy atom. The molecule has 3 rings (SSSR count). The molecule has 0 spiro atoms. The van der Waals surface area contributed by atoms with Gasteiger partial charge in [0, 0.05) is 17.9 Å². The zero-order valence-corrected chi connectivity index (χ0v) is 18.5. The molecule has 3 N–H and O–H groups in total. The van der Waals surface area contributed by atoms with Gasteiger partial charge in [0.25, 0.3) is 5.91 Å². The van der Waals surface area contributed by atoms with Gasteiger partial charge in [-0.1, -0.05) is 35.9 Å². The zero-order valence-electron chi connectivity index (χ0n) is 18.5. The molecule has 2 aromatic rings. The topological polar surface area (TPSA) is 61.6 Å². The highest BCUT2D eigenvalue weighted by molar-refractivity contribution is 5.99. The molecule has 0 saturated heterocycles. The van der Waals surface area contributed by atoms with E-state index in [0.717, 1.165) is 36.2 Å². The summed E-state index contributed by atoms with van der Waals surface area (Å²) < 4.78 is 39.4. The second-order valence-corrected chi connectivity index (χ2v) is 8.37. The molecule has 0 unspecified atom stereocenters. The average molecular weight is 447 g/mol. The maximum absolute atomic E-state index is 13.2. The number of amides is 1. The van der Waals surface area contributed by atoms with E-state index in [1.165, 1.54) is 6.07 Å². The highest BCUT2D eigenvalue weighted by Crippen LogP contribution is 2.33. The van der Waals surface area contributed by atoms with Gasteiger partial charge in [0.2, 0.25) is 0 Å². The van der Waals surface area contributed by atoms with E-state index in [9.17, 15) is 18.0 Å². The molecule has 0 bridgehead atoms. The number of hydrogen-bond donors (Lipinski definition) is 2. The van der Waals surface area contributed by atoms with Crippen molar-refractivity contribution in [2.75, 3.05) is 39.0 Å². The minimum Gasteiger partial charge on any atom is -0.357 e. The van der Waals surface area contributed by atoms with Crippen LogP contribution in [-0.2, 0) is 11.0 Å². The molecule has 2 aromatic carbocycles. The van der Waals surface area contributed by atoms with Crippen LogP contribution in [-0.4, -0.2) is 49.4 Å². The van der Waals surface area contributed by atoms with E-state index < -0.39 is 17.8 Å². The molecule has 0 aromatic heterocycles. The fraction of sp³-hybridized carbons (Fsp3) is 0.375. The molecule has 1 amide bonds. The summed E-state index contributed by atoms with van der Waals surface area (Å²) in [5, 5.41) is 3.05. The highest BCUT2D eigenvalue weighted by atomic mass is 19.4. The number of nitrogens with one attached hydrogen (secondary N) is 1. The Morgan fingerprint density at radius 2 is 1.84 bits per heavy atom. The van der Waals surface area contributed by atoms with Crippen LogP contribution >= 0.6 is 0 Å². The van der Waals surface area contributed by atoms with Gasteiger partial charge in [-0.2, -0.15) is 13.2 Å². The Hall–Kier alpha value is -2.84. The number of carbonyl (C=O) groups is 1. The van der Waals surface area contributed by atoms with Gasteiger partial charge in [0.15, 0.2) is 0 Å². The molecule has 0 fully saturated rings. The Labute approximate surface area is 186 Å². The fourth-order valence-corrected chi connectivity index (χ4v) is 3.72. The maximum atomic E-state index is 13.2. The van der Waals surface area contributed by atoms with Crippen molar-refractivity contribution in [2.24, 2.45) is 5.73 Å². The van der Waals surface area contributed by atoms with Crippen LogP contribution in [0, 0.1) is 6.92 Å². The Bertz CT molecular complexity index is 983. The molecule has 0 radical (unpaired) electrons. The van der Waals surface area contributed by atoms with Crippen LogP contribution in [0.5, 0.6) is 0 Å². The van der Waals surface area contributed by atoms with E-state index in [1.807, 2.05) is 50.2 Å². The summed E-state index contributed by atoms with van der Waals surface area (Å²) in [4.78, 5) is 17.0. The standard InChI is InChI=1S/C24H29F3N4O/c1-16-8-10-17(11-9-16)22(28)21-20(15-31(23(21)32)13-5-12-30(2)3)29-19-7-4-6-18(14-19)24(25,26)27/h4,6-11,14,22,29H,5,12-13,15,28H2,1-3H3/t22-/m1/s1. The Morgan fingerprint density at radius 3 is 2.47 bits per heavy atom. The van der Waals surface area contributed by atoms with Crippen LogP contribution in [0.4, 0.5) is 18.9 Å². The molecule has 172 valence electrons. The molecule has 32 heavy (non-hydrogen) atoms. The van der Waals surface area contributed by atoms with E-state index in [4.69, 9.17) is 5.73 Å². The summed E-state index contributed by atoms with van der Waals surface area (Å²) >= 11 is 0. The number of hydrogen-bond acceptors (Lipinski definition) is 4. The summed E-state index contributed by atoms with van der Waals surface area (Å²) in [5.74, 6) is -0.189. The third-order valence-electron chi connectivity index (χ3n) is 5.46. The number of carbonyl (C=O) groups excluding carboxylic acids is 1. The number of rotatable bonds is 8. The SMILES string of the molecule is Cc1ccc([C@@H](N)C2=C(Nc3cccc(C(F)(F)F)c3)CN(CCCN(C)C)C2=O)cc1. The van der Waals surface area contributed by atoms with Crippen molar-refractivity contribution in [3.63, 3.8) is 0 Å². The van der Waals surface area contributed by atoms with Crippen LogP contribution in [0.25, 0.3) is 0 Å². The Balaban J connectivity index is 1.91. The van der Waals surface area contributed by atoms with Gasteiger partial charge >= 0.3 is 6.18 Å². The molecule has 1 atom stereocenters. The van der Waals surface area contributed by atoms with Crippen LogP contribution < -0.4 is 11.1 Å². The number of nitrogens with zero attached hydrogens (tertiary/aromatic N) is 2. The van der Waals surface area contributed by atoms with E-state index >= 15 is 0 Å². The normalized spacial score (nSPS) is 15.6. The molecule has 5 nitrogen and oxygen atoms in total. The first-order chi connectivity index (χ1) is 15.1. The number of anilines is 1. The number of benzene rings is 2. The third kappa shape index (κ3) is 5.69. The summed E-state index contributed by atoms with van der Waals surface area (Å²) in [6.07, 6.45) is -3.67. The van der Waals surface area contributed by atoms with Crippen molar-refractivity contribution >= 4 is 11.6 Å². The van der Waals surface area contributed by atoms with Gasteiger partial charge in [-0.15, -0.1) is 0 Å². The van der Waals surface area contributed by atoms with Crippen molar-refractivity contribution in [2.45, 2.75) is 25.6 Å². The van der Waals surface area contributed by atoms with E-state index in [0.29, 0.717) is 17.8 Å². The second-order valence-electron chi connectivity index (χ2n) is 8.37. The second kappa shape index (κ2) is 9.75. The number of alkyl halides is 3. The minimum absolute atomic E-state index is 0.189. The lowest BCUT2D eigenvalue weighted by Gasteiger charge is -2.19. The molecule has 8 heteroatoms. The zero-order chi connectivity index (χ0) is 23.5. The number of nitrogens with two attached hydrogens (primary N) is 1. The van der Waals surface area contributed by atoms with Gasteiger partial charge in [-0.3, -0.25) is 4.79 Å². The first-order valence-electron chi connectivity index (χ1n) is 10.5. The molecule has 1 aliphatic heterocycles. The molecular weight excluding hydrogens is 417 g/mol.